The van der Waals surface area contributed by atoms with E-state index in [0.717, 1.165) is 37.8 Å². The Kier molecular flexibility index (Phi) is 4.44. The first-order valence-electron chi connectivity index (χ1n) is 6.63. The lowest BCUT2D eigenvalue weighted by Crippen LogP contribution is -1.94. The van der Waals surface area contributed by atoms with Gasteiger partial charge < -0.3 is 5.11 Å². The maximum atomic E-state index is 9.55. The average Bonchev–Trinajstić information content (AvgIpc) is 2.53. The lowest BCUT2D eigenvalue weighted by Gasteiger charge is -2.09. The molecule has 0 aliphatic rings. The summed E-state index contributed by atoms with van der Waals surface area (Å²) >= 11 is 7.77. The average molecular weight is 316 g/mol. The Morgan fingerprint density at radius 3 is 2.57 bits per heavy atom. The SMILES string of the molecule is OCc1cc2ccccc2nc1SCc1ccccc1Cl. The van der Waals surface area contributed by atoms with Crippen LogP contribution in [-0.2, 0) is 12.4 Å². The zero-order valence-electron chi connectivity index (χ0n) is 11.3. The molecule has 0 saturated heterocycles. The number of para-hydroxylation sites is 1. The molecule has 0 amide bonds. The van der Waals surface area contributed by atoms with Crippen LogP contribution in [0, 0.1) is 0 Å². The molecule has 0 unspecified atom stereocenters. The number of thioether (sulfide) groups is 1. The quantitative estimate of drug-likeness (QED) is 0.710. The van der Waals surface area contributed by atoms with Crippen molar-refractivity contribution in [3.05, 3.63) is 70.7 Å². The first kappa shape index (κ1) is 14.4. The third kappa shape index (κ3) is 3.21. The predicted molar refractivity (Wildman–Crippen MR) is 88.7 cm³/mol. The normalized spacial score (nSPS) is 11.0. The Balaban J connectivity index is 1.91. The van der Waals surface area contributed by atoms with E-state index in [-0.39, 0.29) is 6.61 Å². The van der Waals surface area contributed by atoms with Crippen molar-refractivity contribution in [1.82, 2.24) is 4.98 Å². The van der Waals surface area contributed by atoms with Gasteiger partial charge in [-0.05, 0) is 23.8 Å². The van der Waals surface area contributed by atoms with Crippen molar-refractivity contribution in [3.8, 4) is 0 Å². The fourth-order valence-corrected chi connectivity index (χ4v) is 3.44. The van der Waals surface area contributed by atoms with Gasteiger partial charge in [-0.15, -0.1) is 11.8 Å². The number of halogens is 1. The minimum atomic E-state index is -0.0112. The number of rotatable bonds is 4. The van der Waals surface area contributed by atoms with Gasteiger partial charge in [0.05, 0.1) is 12.1 Å². The monoisotopic (exact) mass is 315 g/mol. The van der Waals surface area contributed by atoms with Gasteiger partial charge in [0.25, 0.3) is 0 Å². The molecular formula is C17H14ClNOS. The van der Waals surface area contributed by atoms with Crippen LogP contribution >= 0.6 is 23.4 Å². The minimum absolute atomic E-state index is 0.0112. The molecule has 106 valence electrons. The molecule has 3 aromatic rings. The number of nitrogens with zero attached hydrogens (tertiary/aromatic N) is 1. The number of hydrogen-bond donors (Lipinski definition) is 1. The lowest BCUT2D eigenvalue weighted by molar-refractivity contribution is 0.278. The molecule has 4 heteroatoms. The Bertz CT molecular complexity index is 776. The smallest absolute Gasteiger partial charge is 0.103 e. The summed E-state index contributed by atoms with van der Waals surface area (Å²) in [7, 11) is 0. The summed E-state index contributed by atoms with van der Waals surface area (Å²) in [5, 5.41) is 12.2. The van der Waals surface area contributed by atoms with Gasteiger partial charge >= 0.3 is 0 Å². The standard InChI is InChI=1S/C17H14ClNOS/c18-15-7-3-1-6-13(15)11-21-17-14(10-20)9-12-5-2-4-8-16(12)19-17/h1-9,20H,10-11H2. The molecule has 1 N–H and O–H groups in total. The van der Waals surface area contributed by atoms with Crippen LogP contribution in [0.3, 0.4) is 0 Å². The summed E-state index contributed by atoms with van der Waals surface area (Å²) in [5.74, 6) is 0.734. The second-order valence-electron chi connectivity index (χ2n) is 4.68. The van der Waals surface area contributed by atoms with Gasteiger partial charge in [0, 0.05) is 21.7 Å². The number of aromatic nitrogens is 1. The van der Waals surface area contributed by atoms with Crippen molar-refractivity contribution in [2.75, 3.05) is 0 Å². The summed E-state index contributed by atoms with van der Waals surface area (Å²) < 4.78 is 0. The number of benzene rings is 2. The number of pyridine rings is 1. The van der Waals surface area contributed by atoms with Gasteiger partial charge in [0.15, 0.2) is 0 Å². The summed E-state index contributed by atoms with van der Waals surface area (Å²) in [5.41, 5.74) is 2.87. The van der Waals surface area contributed by atoms with E-state index in [9.17, 15) is 5.11 Å². The van der Waals surface area contributed by atoms with E-state index >= 15 is 0 Å². The number of fused-ring (bicyclic) bond motifs is 1. The molecule has 0 spiro atoms. The van der Waals surface area contributed by atoms with Gasteiger partial charge in [-0.25, -0.2) is 4.98 Å². The van der Waals surface area contributed by atoms with Crippen molar-refractivity contribution in [3.63, 3.8) is 0 Å². The van der Waals surface area contributed by atoms with Gasteiger partial charge in [0.1, 0.15) is 5.03 Å². The second-order valence-corrected chi connectivity index (χ2v) is 6.05. The third-order valence-electron chi connectivity index (χ3n) is 3.26. The highest BCUT2D eigenvalue weighted by molar-refractivity contribution is 7.98. The Hall–Kier alpha value is -1.55. The Morgan fingerprint density at radius 2 is 1.76 bits per heavy atom. The molecule has 0 fully saturated rings. The van der Waals surface area contributed by atoms with E-state index in [1.807, 2.05) is 54.6 Å². The topological polar surface area (TPSA) is 33.1 Å². The third-order valence-corrected chi connectivity index (χ3v) is 4.71. The summed E-state index contributed by atoms with van der Waals surface area (Å²) in [6, 6.07) is 17.7. The van der Waals surface area contributed by atoms with Gasteiger partial charge in [-0.1, -0.05) is 48.0 Å². The molecule has 2 aromatic carbocycles. The first-order valence-corrected chi connectivity index (χ1v) is 8.00. The fourth-order valence-electron chi connectivity index (χ4n) is 2.14. The van der Waals surface area contributed by atoms with Crippen molar-refractivity contribution in [2.45, 2.75) is 17.4 Å². The van der Waals surface area contributed by atoms with E-state index in [1.54, 1.807) is 11.8 Å². The van der Waals surface area contributed by atoms with Crippen molar-refractivity contribution < 1.29 is 5.11 Å². The lowest BCUT2D eigenvalue weighted by atomic mass is 10.2. The zero-order chi connectivity index (χ0) is 14.7. The molecule has 0 atom stereocenters. The van der Waals surface area contributed by atoms with Crippen LogP contribution in [-0.4, -0.2) is 10.1 Å². The van der Waals surface area contributed by atoms with E-state index in [0.29, 0.717) is 0 Å². The van der Waals surface area contributed by atoms with Crippen LogP contribution in [0.5, 0.6) is 0 Å². The zero-order valence-corrected chi connectivity index (χ0v) is 12.9. The predicted octanol–water partition coefficient (Wildman–Crippen LogP) is 4.67. The second kappa shape index (κ2) is 6.48. The Labute approximate surface area is 132 Å². The maximum Gasteiger partial charge on any atom is 0.103 e. The van der Waals surface area contributed by atoms with Crippen molar-refractivity contribution in [2.24, 2.45) is 0 Å². The van der Waals surface area contributed by atoms with Crippen LogP contribution in [0.25, 0.3) is 10.9 Å². The summed E-state index contributed by atoms with van der Waals surface area (Å²) in [6.07, 6.45) is 0. The molecule has 0 aliphatic carbocycles. The Morgan fingerprint density at radius 1 is 1.00 bits per heavy atom. The largest absolute Gasteiger partial charge is 0.392 e. The van der Waals surface area contributed by atoms with Gasteiger partial charge in [0.2, 0.25) is 0 Å². The maximum absolute atomic E-state index is 9.55. The molecule has 1 heterocycles. The van der Waals surface area contributed by atoms with Gasteiger partial charge in [-0.3, -0.25) is 0 Å². The molecule has 0 radical (unpaired) electrons. The van der Waals surface area contributed by atoms with E-state index in [2.05, 4.69) is 4.98 Å². The number of hydrogen-bond acceptors (Lipinski definition) is 3. The minimum Gasteiger partial charge on any atom is -0.392 e. The highest BCUT2D eigenvalue weighted by Gasteiger charge is 2.08. The van der Waals surface area contributed by atoms with Crippen LogP contribution in [0.4, 0.5) is 0 Å². The van der Waals surface area contributed by atoms with E-state index in [4.69, 9.17) is 11.6 Å². The molecule has 3 rings (SSSR count). The highest BCUT2D eigenvalue weighted by atomic mass is 35.5. The molecule has 2 nitrogen and oxygen atoms in total. The van der Waals surface area contributed by atoms with Crippen molar-refractivity contribution >= 4 is 34.3 Å². The summed E-state index contributed by atoms with van der Waals surface area (Å²) in [4.78, 5) is 4.65. The molecule has 1 aromatic heterocycles. The number of aliphatic hydroxyl groups excluding tert-OH is 1. The van der Waals surface area contributed by atoms with Crippen LogP contribution in [0.2, 0.25) is 5.02 Å². The van der Waals surface area contributed by atoms with Crippen LogP contribution < -0.4 is 0 Å². The molecule has 21 heavy (non-hydrogen) atoms. The molecule has 0 saturated carbocycles. The van der Waals surface area contributed by atoms with Crippen LogP contribution in [0.15, 0.2) is 59.6 Å². The first-order chi connectivity index (χ1) is 10.3. The molecular weight excluding hydrogens is 302 g/mol. The van der Waals surface area contributed by atoms with Crippen molar-refractivity contribution in [1.29, 1.82) is 0 Å². The fraction of sp³-hybridized carbons (Fsp3) is 0.118. The van der Waals surface area contributed by atoms with E-state index in [1.165, 1.54) is 0 Å². The molecule has 0 bridgehead atoms. The summed E-state index contributed by atoms with van der Waals surface area (Å²) in [6.45, 7) is -0.0112. The van der Waals surface area contributed by atoms with Gasteiger partial charge in [-0.2, -0.15) is 0 Å². The molecule has 0 aliphatic heterocycles. The number of aliphatic hydroxyl groups is 1. The highest BCUT2D eigenvalue weighted by Crippen LogP contribution is 2.29. The van der Waals surface area contributed by atoms with E-state index < -0.39 is 0 Å². The van der Waals surface area contributed by atoms with Crippen LogP contribution in [0.1, 0.15) is 11.1 Å².